The minimum absolute atomic E-state index is 0.00599. The first-order valence-corrected chi connectivity index (χ1v) is 9.86. The molecule has 1 N–H and O–H groups in total. The smallest absolute Gasteiger partial charge is 0.242 e. The maximum atomic E-state index is 14.6. The van der Waals surface area contributed by atoms with E-state index >= 15 is 0 Å². The van der Waals surface area contributed by atoms with Crippen molar-refractivity contribution in [2.75, 3.05) is 20.2 Å². The monoisotopic (exact) mass is 383 g/mol. The van der Waals surface area contributed by atoms with E-state index < -0.39 is 5.54 Å². The number of ether oxygens (including phenoxy) is 1. The number of rotatable bonds is 4. The van der Waals surface area contributed by atoms with E-state index in [1.54, 1.807) is 23.2 Å². The van der Waals surface area contributed by atoms with Gasteiger partial charge < -0.3 is 9.64 Å². The molecule has 0 radical (unpaired) electrons. The summed E-state index contributed by atoms with van der Waals surface area (Å²) in [6.45, 7) is 5.19. The van der Waals surface area contributed by atoms with Crippen LogP contribution in [0, 0.1) is 12.7 Å². The lowest BCUT2D eigenvalue weighted by atomic mass is 9.95. The van der Waals surface area contributed by atoms with Crippen LogP contribution in [0.2, 0.25) is 0 Å². The molecule has 28 heavy (non-hydrogen) atoms. The Morgan fingerprint density at radius 3 is 2.86 bits per heavy atom. The van der Waals surface area contributed by atoms with Crippen LogP contribution in [0.15, 0.2) is 30.5 Å². The number of nitrogens with zero attached hydrogens (tertiary/aromatic N) is 2. The molecule has 1 amide bonds. The van der Waals surface area contributed by atoms with Gasteiger partial charge in [-0.3, -0.25) is 15.1 Å². The number of amides is 1. The molecule has 1 aromatic carbocycles. The van der Waals surface area contributed by atoms with Crippen LogP contribution in [0.3, 0.4) is 0 Å². The molecule has 5 nitrogen and oxygen atoms in total. The van der Waals surface area contributed by atoms with Gasteiger partial charge in [-0.05, 0) is 68.5 Å². The largest absolute Gasteiger partial charge is 0.494 e. The summed E-state index contributed by atoms with van der Waals surface area (Å²) < 4.78 is 20.1. The van der Waals surface area contributed by atoms with E-state index in [-0.39, 0.29) is 17.8 Å². The Bertz CT molecular complexity index is 917. The Labute approximate surface area is 164 Å². The highest BCUT2D eigenvalue weighted by atomic mass is 19.1. The molecule has 3 heterocycles. The Balaban J connectivity index is 1.67. The van der Waals surface area contributed by atoms with Gasteiger partial charge in [0.1, 0.15) is 17.1 Å². The summed E-state index contributed by atoms with van der Waals surface area (Å²) in [4.78, 5) is 19.0. The van der Waals surface area contributed by atoms with Crippen molar-refractivity contribution in [3.05, 3.63) is 47.5 Å². The predicted octanol–water partition coefficient (Wildman–Crippen LogP) is 3.62. The molecule has 2 saturated heterocycles. The fourth-order valence-electron chi connectivity index (χ4n) is 4.53. The number of carbonyl (C=O) groups is 1. The molecule has 0 aliphatic carbocycles. The van der Waals surface area contributed by atoms with E-state index in [9.17, 15) is 9.18 Å². The first-order valence-electron chi connectivity index (χ1n) is 9.86. The van der Waals surface area contributed by atoms with Gasteiger partial charge in [0.15, 0.2) is 0 Å². The molecule has 0 bridgehead atoms. The summed E-state index contributed by atoms with van der Waals surface area (Å²) >= 11 is 0. The number of likely N-dealkylation sites (N-methyl/N-ethyl adjacent to an activating group) is 1. The van der Waals surface area contributed by atoms with Gasteiger partial charge in [-0.2, -0.15) is 0 Å². The van der Waals surface area contributed by atoms with Crippen molar-refractivity contribution in [2.45, 2.75) is 44.7 Å². The molecule has 148 valence electrons. The number of benzene rings is 1. The van der Waals surface area contributed by atoms with Gasteiger partial charge in [-0.25, -0.2) is 4.39 Å². The predicted molar refractivity (Wildman–Crippen MR) is 106 cm³/mol. The Morgan fingerprint density at radius 1 is 1.32 bits per heavy atom. The van der Waals surface area contributed by atoms with E-state index in [0.29, 0.717) is 17.9 Å². The zero-order valence-electron chi connectivity index (χ0n) is 16.6. The van der Waals surface area contributed by atoms with Crippen molar-refractivity contribution in [2.24, 2.45) is 0 Å². The lowest BCUT2D eigenvalue weighted by molar-refractivity contribution is -0.131. The summed E-state index contributed by atoms with van der Waals surface area (Å²) in [5.74, 6) is 0.528. The Hall–Kier alpha value is -2.47. The highest BCUT2D eigenvalue weighted by molar-refractivity contribution is 5.88. The summed E-state index contributed by atoms with van der Waals surface area (Å²) in [6, 6.07) is 6.66. The van der Waals surface area contributed by atoms with Crippen LogP contribution in [0.4, 0.5) is 4.39 Å². The van der Waals surface area contributed by atoms with E-state index in [4.69, 9.17) is 4.74 Å². The van der Waals surface area contributed by atoms with Gasteiger partial charge in [0, 0.05) is 25.4 Å². The molecule has 1 aromatic heterocycles. The molecule has 1 spiro atoms. The fraction of sp³-hybridized carbons (Fsp3) is 0.455. The van der Waals surface area contributed by atoms with E-state index in [2.05, 4.69) is 10.3 Å². The third-order valence-electron chi connectivity index (χ3n) is 6.05. The number of aromatic nitrogens is 1. The SMILES string of the molecule is CCOc1ccc(F)c(-c2ccnc([C@@H]3CC[C@@]4(CCN(C)C4=O)N3)c2C)c1. The van der Waals surface area contributed by atoms with Crippen LogP contribution in [0.1, 0.15) is 43.5 Å². The molecule has 2 aromatic rings. The number of halogens is 1. The van der Waals surface area contributed by atoms with Crippen LogP contribution >= 0.6 is 0 Å². The molecule has 4 rings (SSSR count). The van der Waals surface area contributed by atoms with Crippen molar-refractivity contribution in [3.8, 4) is 16.9 Å². The number of carbonyl (C=O) groups excluding carboxylic acids is 1. The molecule has 0 unspecified atom stereocenters. The van der Waals surface area contributed by atoms with Crippen molar-refractivity contribution >= 4 is 5.91 Å². The highest BCUT2D eigenvalue weighted by Crippen LogP contribution is 2.41. The van der Waals surface area contributed by atoms with Crippen molar-refractivity contribution < 1.29 is 13.9 Å². The third kappa shape index (κ3) is 3.05. The quantitative estimate of drug-likeness (QED) is 0.876. The Kier molecular flexibility index (Phi) is 4.83. The van der Waals surface area contributed by atoms with Gasteiger partial charge >= 0.3 is 0 Å². The minimum atomic E-state index is -0.469. The van der Waals surface area contributed by atoms with Gasteiger partial charge in [-0.15, -0.1) is 0 Å². The average Bonchev–Trinajstić information content (AvgIpc) is 3.24. The lowest BCUT2D eigenvalue weighted by Crippen LogP contribution is -2.47. The fourth-order valence-corrected chi connectivity index (χ4v) is 4.53. The second kappa shape index (κ2) is 7.17. The van der Waals surface area contributed by atoms with Crippen LogP contribution in [0.5, 0.6) is 5.75 Å². The molecular weight excluding hydrogens is 357 g/mol. The highest BCUT2D eigenvalue weighted by Gasteiger charge is 2.50. The van der Waals surface area contributed by atoms with E-state index in [1.165, 1.54) is 6.07 Å². The number of likely N-dealkylation sites (tertiary alicyclic amines) is 1. The first kappa shape index (κ1) is 18.9. The number of pyridine rings is 1. The molecule has 2 aliphatic heterocycles. The Morgan fingerprint density at radius 2 is 2.14 bits per heavy atom. The molecule has 2 atom stereocenters. The van der Waals surface area contributed by atoms with Gasteiger partial charge in [-0.1, -0.05) is 0 Å². The second-order valence-electron chi connectivity index (χ2n) is 7.74. The zero-order valence-corrected chi connectivity index (χ0v) is 16.6. The standard InChI is InChI=1S/C22H26FN3O2/c1-4-28-15-5-6-18(23)17(13-15)16-8-11-24-20(14(16)2)19-7-9-22(25-19)10-12-26(3)21(22)27/h5-6,8,11,13,19,25H,4,7,9-10,12H2,1-3H3/t19-,22-/m0/s1. The third-order valence-corrected chi connectivity index (χ3v) is 6.05. The second-order valence-corrected chi connectivity index (χ2v) is 7.74. The summed E-state index contributed by atoms with van der Waals surface area (Å²) in [5.41, 5.74) is 2.67. The maximum absolute atomic E-state index is 14.6. The van der Waals surface area contributed by atoms with Gasteiger partial charge in [0.25, 0.3) is 0 Å². The van der Waals surface area contributed by atoms with Crippen LogP contribution in [0.25, 0.3) is 11.1 Å². The first-order chi connectivity index (χ1) is 13.4. The van der Waals surface area contributed by atoms with Crippen LogP contribution in [-0.4, -0.2) is 41.5 Å². The normalized spacial score (nSPS) is 24.4. The molecule has 2 fully saturated rings. The molecular formula is C22H26FN3O2. The summed E-state index contributed by atoms with van der Waals surface area (Å²) in [7, 11) is 1.85. The number of hydrogen-bond donors (Lipinski definition) is 1. The molecule has 6 heteroatoms. The lowest BCUT2D eigenvalue weighted by Gasteiger charge is -2.24. The van der Waals surface area contributed by atoms with Crippen molar-refractivity contribution in [1.29, 1.82) is 0 Å². The van der Waals surface area contributed by atoms with E-state index in [1.807, 2.05) is 27.0 Å². The van der Waals surface area contributed by atoms with Crippen LogP contribution < -0.4 is 10.1 Å². The maximum Gasteiger partial charge on any atom is 0.242 e. The number of nitrogens with one attached hydrogen (secondary N) is 1. The van der Waals surface area contributed by atoms with Crippen molar-refractivity contribution in [1.82, 2.24) is 15.2 Å². The molecule has 0 saturated carbocycles. The number of hydrogen-bond acceptors (Lipinski definition) is 4. The summed E-state index contributed by atoms with van der Waals surface area (Å²) in [5, 5.41) is 3.56. The van der Waals surface area contributed by atoms with Crippen molar-refractivity contribution in [3.63, 3.8) is 0 Å². The van der Waals surface area contributed by atoms with E-state index in [0.717, 1.165) is 42.6 Å². The topological polar surface area (TPSA) is 54.5 Å². The zero-order chi connectivity index (χ0) is 19.9. The van der Waals surface area contributed by atoms with Crippen LogP contribution in [-0.2, 0) is 4.79 Å². The average molecular weight is 383 g/mol. The van der Waals surface area contributed by atoms with Gasteiger partial charge in [0.05, 0.1) is 18.3 Å². The minimum Gasteiger partial charge on any atom is -0.494 e. The summed E-state index contributed by atoms with van der Waals surface area (Å²) in [6.07, 6.45) is 4.20. The molecule has 2 aliphatic rings. The van der Waals surface area contributed by atoms with Gasteiger partial charge in [0.2, 0.25) is 5.91 Å².